The molecule has 0 aliphatic carbocycles. The summed E-state index contributed by atoms with van der Waals surface area (Å²) in [5, 5.41) is 2.89. The second-order valence-corrected chi connectivity index (χ2v) is 3.53. The van der Waals surface area contributed by atoms with Crippen molar-refractivity contribution in [1.82, 2.24) is 0 Å². The molecule has 0 aliphatic rings. The van der Waals surface area contributed by atoms with Gasteiger partial charge in [-0.05, 0) is 24.1 Å². The molecule has 0 spiro atoms. The van der Waals surface area contributed by atoms with Crippen molar-refractivity contribution in [1.29, 1.82) is 0 Å². The third kappa shape index (κ3) is 3.60. The van der Waals surface area contributed by atoms with E-state index in [0.717, 1.165) is 11.3 Å². The van der Waals surface area contributed by atoms with E-state index in [1.54, 1.807) is 0 Å². The molecule has 0 unspecified atom stereocenters. The summed E-state index contributed by atoms with van der Waals surface area (Å²) in [6.07, 6.45) is 0.463. The molecule has 16 heavy (non-hydrogen) atoms. The van der Waals surface area contributed by atoms with E-state index in [1.165, 1.54) is 12.6 Å². The zero-order chi connectivity index (χ0) is 12.0. The lowest BCUT2D eigenvalue weighted by molar-refractivity contribution is -0.142. The van der Waals surface area contributed by atoms with Crippen LogP contribution in [0, 0.1) is 0 Å². The maximum atomic E-state index is 11.1. The minimum absolute atomic E-state index is 0.402. The van der Waals surface area contributed by atoms with Crippen molar-refractivity contribution in [2.75, 3.05) is 12.4 Å². The average Bonchev–Trinajstić information content (AvgIpc) is 2.31. The Morgan fingerprint density at radius 2 is 2.19 bits per heavy atom. The van der Waals surface area contributed by atoms with Gasteiger partial charge in [0.15, 0.2) is 0 Å². The number of methoxy groups -OCH3 is 1. The maximum absolute atomic E-state index is 11.1. The normalized spacial score (nSPS) is 11.6. The molecule has 1 aromatic rings. The molecule has 0 amide bonds. The second kappa shape index (κ2) is 6.19. The fourth-order valence-corrected chi connectivity index (χ4v) is 1.43. The Kier molecular flexibility index (Phi) is 4.88. The average molecular weight is 238 g/mol. The Hall–Kier alpha value is -1.46. The number of nitrogens with two attached hydrogens (primary N) is 1. The Morgan fingerprint density at radius 3 is 2.69 bits per heavy atom. The topological polar surface area (TPSA) is 64.3 Å². The van der Waals surface area contributed by atoms with Gasteiger partial charge in [0.25, 0.3) is 0 Å². The van der Waals surface area contributed by atoms with Crippen LogP contribution in [0.5, 0.6) is 0 Å². The molecule has 1 aromatic carbocycles. The van der Waals surface area contributed by atoms with Crippen LogP contribution in [0.2, 0.25) is 0 Å². The fraction of sp³-hybridized carbons (Fsp3) is 0.273. The Balaban J connectivity index is 2.61. The van der Waals surface area contributed by atoms with E-state index in [1.807, 2.05) is 24.3 Å². The van der Waals surface area contributed by atoms with Gasteiger partial charge in [0.2, 0.25) is 0 Å². The van der Waals surface area contributed by atoms with Gasteiger partial charge < -0.3 is 15.8 Å². The summed E-state index contributed by atoms with van der Waals surface area (Å²) < 4.78 is 4.55. The van der Waals surface area contributed by atoms with E-state index in [4.69, 9.17) is 5.73 Å². The van der Waals surface area contributed by atoms with Crippen LogP contribution in [-0.2, 0) is 16.0 Å². The summed E-state index contributed by atoms with van der Waals surface area (Å²) in [7, 11) is 1.33. The number of thiocarbonyl (C=S) groups is 1. The van der Waals surface area contributed by atoms with Crippen LogP contribution in [0.4, 0.5) is 5.69 Å². The summed E-state index contributed by atoms with van der Waals surface area (Å²) in [5.41, 5.74) is 8.97. The van der Waals surface area contributed by atoms with Crippen molar-refractivity contribution in [3.05, 3.63) is 29.8 Å². The first-order valence-electron chi connectivity index (χ1n) is 4.80. The third-order valence-electron chi connectivity index (χ3n) is 2.14. The Labute approximate surface area is 99.8 Å². The fourth-order valence-electron chi connectivity index (χ4n) is 1.29. The summed E-state index contributed by atoms with van der Waals surface area (Å²) in [5.74, 6) is -0.402. The SMILES string of the molecule is COC(=O)[C@@H](N)Cc1ccc(NC=S)cc1. The molecule has 0 saturated carbocycles. The molecule has 0 bridgehead atoms. The quantitative estimate of drug-likeness (QED) is 0.594. The van der Waals surface area contributed by atoms with Gasteiger partial charge in [0.1, 0.15) is 6.04 Å². The highest BCUT2D eigenvalue weighted by Gasteiger charge is 2.13. The number of carbonyl (C=O) groups is 1. The number of hydrogen-bond donors (Lipinski definition) is 2. The maximum Gasteiger partial charge on any atom is 0.322 e. The molecule has 0 aromatic heterocycles. The lowest BCUT2D eigenvalue weighted by Crippen LogP contribution is -2.33. The van der Waals surface area contributed by atoms with E-state index in [2.05, 4.69) is 22.3 Å². The molecule has 0 saturated heterocycles. The van der Waals surface area contributed by atoms with Crippen LogP contribution >= 0.6 is 12.2 Å². The van der Waals surface area contributed by atoms with E-state index in [-0.39, 0.29) is 0 Å². The van der Waals surface area contributed by atoms with Crippen LogP contribution in [0.3, 0.4) is 0 Å². The number of hydrogen-bond acceptors (Lipinski definition) is 4. The number of benzene rings is 1. The standard InChI is InChI=1S/C11H14N2O2S/c1-15-11(14)10(12)6-8-2-4-9(5-3-8)13-7-16/h2-5,7,10H,6,12H2,1H3,(H,13,16)/t10-/m0/s1. The van der Waals surface area contributed by atoms with Crippen molar-refractivity contribution in [3.63, 3.8) is 0 Å². The van der Waals surface area contributed by atoms with Crippen molar-refractivity contribution in [2.45, 2.75) is 12.5 Å². The number of anilines is 1. The van der Waals surface area contributed by atoms with Gasteiger partial charge in [-0.25, -0.2) is 0 Å². The summed E-state index contributed by atoms with van der Waals surface area (Å²) >= 11 is 4.67. The predicted octanol–water partition coefficient (Wildman–Crippen LogP) is 1.10. The van der Waals surface area contributed by atoms with Gasteiger partial charge in [0.05, 0.1) is 12.6 Å². The van der Waals surface area contributed by atoms with Crippen molar-refractivity contribution in [2.24, 2.45) is 5.73 Å². The van der Waals surface area contributed by atoms with Crippen LogP contribution in [0.1, 0.15) is 5.56 Å². The number of carbonyl (C=O) groups excluding carboxylic acids is 1. The molecule has 4 nitrogen and oxygen atoms in total. The van der Waals surface area contributed by atoms with Crippen LogP contribution in [0.15, 0.2) is 24.3 Å². The highest BCUT2D eigenvalue weighted by molar-refractivity contribution is 7.79. The van der Waals surface area contributed by atoms with Crippen molar-refractivity contribution < 1.29 is 9.53 Å². The molecule has 5 heteroatoms. The van der Waals surface area contributed by atoms with Crippen molar-refractivity contribution >= 4 is 29.4 Å². The molecule has 0 heterocycles. The third-order valence-corrected chi connectivity index (χ3v) is 2.26. The molecule has 3 N–H and O–H groups in total. The van der Waals surface area contributed by atoms with E-state index in [0.29, 0.717) is 6.42 Å². The highest BCUT2D eigenvalue weighted by atomic mass is 32.1. The molecular formula is C11H14N2O2S. The van der Waals surface area contributed by atoms with Gasteiger partial charge in [0, 0.05) is 5.69 Å². The minimum Gasteiger partial charge on any atom is -0.468 e. The van der Waals surface area contributed by atoms with E-state index < -0.39 is 12.0 Å². The molecule has 1 atom stereocenters. The second-order valence-electron chi connectivity index (χ2n) is 3.29. The number of esters is 1. The molecule has 0 fully saturated rings. The Bertz CT molecular complexity index is 365. The van der Waals surface area contributed by atoms with Gasteiger partial charge in [-0.1, -0.05) is 24.4 Å². The lowest BCUT2D eigenvalue weighted by atomic mass is 10.1. The zero-order valence-corrected chi connectivity index (χ0v) is 9.79. The van der Waals surface area contributed by atoms with Gasteiger partial charge in [-0.2, -0.15) is 0 Å². The zero-order valence-electron chi connectivity index (χ0n) is 8.97. The lowest BCUT2D eigenvalue weighted by Gasteiger charge is -2.09. The number of rotatable bonds is 5. The van der Waals surface area contributed by atoms with Crippen LogP contribution < -0.4 is 11.1 Å². The number of ether oxygens (including phenoxy) is 1. The largest absolute Gasteiger partial charge is 0.468 e. The summed E-state index contributed by atoms with van der Waals surface area (Å²) in [4.78, 5) is 11.1. The monoisotopic (exact) mass is 238 g/mol. The molecular weight excluding hydrogens is 224 g/mol. The summed E-state index contributed by atoms with van der Waals surface area (Å²) in [6, 6.07) is 6.92. The number of nitrogens with one attached hydrogen (secondary N) is 1. The molecule has 0 radical (unpaired) electrons. The molecule has 1 rings (SSSR count). The first-order valence-corrected chi connectivity index (χ1v) is 5.27. The van der Waals surface area contributed by atoms with Crippen LogP contribution in [0.25, 0.3) is 0 Å². The Morgan fingerprint density at radius 1 is 1.56 bits per heavy atom. The van der Waals surface area contributed by atoms with Crippen molar-refractivity contribution in [3.8, 4) is 0 Å². The first-order chi connectivity index (χ1) is 7.67. The highest BCUT2D eigenvalue weighted by Crippen LogP contribution is 2.10. The molecule has 0 aliphatic heterocycles. The van der Waals surface area contributed by atoms with Gasteiger partial charge in [-0.3, -0.25) is 4.79 Å². The predicted molar refractivity (Wildman–Crippen MR) is 67.4 cm³/mol. The van der Waals surface area contributed by atoms with Gasteiger partial charge in [-0.15, -0.1) is 0 Å². The summed E-state index contributed by atoms with van der Waals surface area (Å²) in [6.45, 7) is 0. The molecule has 86 valence electrons. The van der Waals surface area contributed by atoms with Crippen LogP contribution in [-0.4, -0.2) is 24.6 Å². The minimum atomic E-state index is -0.616. The van der Waals surface area contributed by atoms with E-state index in [9.17, 15) is 4.79 Å². The first kappa shape index (κ1) is 12.6. The van der Waals surface area contributed by atoms with E-state index >= 15 is 0 Å². The van der Waals surface area contributed by atoms with Gasteiger partial charge >= 0.3 is 5.97 Å². The smallest absolute Gasteiger partial charge is 0.322 e.